The Labute approximate surface area is 74.3 Å². The molecule has 0 aromatic rings. The number of hydrogen-bond donors (Lipinski definition) is 2. The van der Waals surface area contributed by atoms with Gasteiger partial charge in [-0.1, -0.05) is 0 Å². The Morgan fingerprint density at radius 3 is 2.00 bits per heavy atom. The fourth-order valence-electron chi connectivity index (χ4n) is 0. The number of hydrogen-bond acceptors (Lipinski definition) is 2. The molecule has 1 atom stereocenters. The molecular weight excluding hydrogens is 124 g/mol. The van der Waals surface area contributed by atoms with Gasteiger partial charge in [-0.3, -0.25) is 0 Å². The maximum absolute atomic E-state index is 9.45. The maximum Gasteiger partial charge on any atom is 2.00 e. The molecule has 0 bridgehead atoms. The summed E-state index contributed by atoms with van der Waals surface area (Å²) in [6.45, 7) is 1.20. The zero-order valence-corrected chi connectivity index (χ0v) is 6.30. The Bertz CT molecular complexity index is 68.1. The van der Waals surface area contributed by atoms with Gasteiger partial charge in [0.05, 0.1) is 0 Å². The summed E-state index contributed by atoms with van der Waals surface area (Å²) in [6.07, 6.45) is -1.23. The van der Waals surface area contributed by atoms with Gasteiger partial charge in [0.2, 0.25) is 0 Å². The van der Waals surface area contributed by atoms with Crippen LogP contribution in [0.15, 0.2) is 0 Å². The van der Waals surface area contributed by atoms with Crippen molar-refractivity contribution in [2.24, 2.45) is 0 Å². The van der Waals surface area contributed by atoms with Crippen LogP contribution in [0.3, 0.4) is 0 Å². The zero-order valence-electron chi connectivity index (χ0n) is 6.09. The van der Waals surface area contributed by atoms with Crippen LogP contribution in [0, 0.1) is 0 Å². The Morgan fingerprint density at radius 2 is 2.00 bits per heavy atom. The Kier molecular flexibility index (Phi) is 7.35. The second-order valence-corrected chi connectivity index (χ2v) is 1.01. The van der Waals surface area contributed by atoms with Gasteiger partial charge in [0.25, 0.3) is 0 Å². The van der Waals surface area contributed by atoms with Crippen molar-refractivity contribution in [3.8, 4) is 0 Å². The largest absolute Gasteiger partial charge is 2.00 e. The van der Waals surface area contributed by atoms with E-state index in [1.54, 1.807) is 0 Å². The minimum absolute atomic E-state index is 0. The summed E-state index contributed by atoms with van der Waals surface area (Å²) >= 11 is 0. The third-order valence-corrected chi connectivity index (χ3v) is 0.357. The molecule has 4 heteroatoms. The van der Waals surface area contributed by atoms with Crippen LogP contribution in [-0.2, 0) is 4.79 Å². The van der Waals surface area contributed by atoms with E-state index in [0.29, 0.717) is 0 Å². The van der Waals surface area contributed by atoms with Gasteiger partial charge in [0.15, 0.2) is 0 Å². The van der Waals surface area contributed by atoms with E-state index in [2.05, 4.69) is 0 Å². The summed E-state index contributed by atoms with van der Waals surface area (Å²) in [5.74, 6) is -1.19. The number of carboxylic acids is 1. The monoisotopic (exact) mass is 132 g/mol. The molecule has 0 aromatic heterocycles. The van der Waals surface area contributed by atoms with Crippen molar-refractivity contribution >= 4 is 43.7 Å². The number of aliphatic hydroxyl groups excluding tert-OH is 1. The molecule has 0 fully saturated rings. The van der Waals surface area contributed by atoms with Crippen molar-refractivity contribution in [1.29, 1.82) is 0 Å². The molecule has 0 rings (SSSR count). The predicted octanol–water partition coefficient (Wildman–Crippen LogP) is -0.704. The summed E-state index contributed by atoms with van der Waals surface area (Å²) in [4.78, 5) is 9.45. The summed E-state index contributed by atoms with van der Waals surface area (Å²) in [5, 5.41) is 15.8. The van der Waals surface area contributed by atoms with Crippen LogP contribution >= 0.6 is 0 Å². The molecule has 0 aromatic carbocycles. The summed E-state index contributed by atoms with van der Waals surface area (Å²) in [6, 6.07) is 0. The zero-order chi connectivity index (χ0) is 5.15. The van der Waals surface area contributed by atoms with Crippen molar-refractivity contribution in [2.75, 3.05) is 0 Å². The Morgan fingerprint density at radius 1 is 1.86 bits per heavy atom. The average Bonchev–Trinajstić information content (AvgIpc) is 1.36. The molecule has 40 valence electrons. The smallest absolute Gasteiger partial charge is 1.00 e. The van der Waals surface area contributed by atoms with Gasteiger partial charge in [-0.25, -0.2) is 4.79 Å². The van der Waals surface area contributed by atoms with Crippen LogP contribution in [-0.4, -0.2) is 60.0 Å². The maximum atomic E-state index is 9.45. The minimum Gasteiger partial charge on any atom is -1.00 e. The van der Waals surface area contributed by atoms with Crippen molar-refractivity contribution in [2.45, 2.75) is 13.0 Å². The second kappa shape index (κ2) is 4.84. The third-order valence-electron chi connectivity index (χ3n) is 0.357. The molecule has 0 radical (unpaired) electrons. The van der Waals surface area contributed by atoms with Gasteiger partial charge in [0, 0.05) is 0 Å². The summed E-state index contributed by atoms with van der Waals surface area (Å²) in [5.41, 5.74) is 0. The van der Waals surface area contributed by atoms with Crippen molar-refractivity contribution < 1.29 is 17.9 Å². The van der Waals surface area contributed by atoms with Crippen LogP contribution in [0.4, 0.5) is 0 Å². The van der Waals surface area contributed by atoms with Gasteiger partial charge in [0.1, 0.15) is 6.10 Å². The van der Waals surface area contributed by atoms with Gasteiger partial charge in [-0.2, -0.15) is 0 Å². The number of carboxylic acid groups (broad SMARTS) is 1. The molecule has 0 aliphatic carbocycles. The molecule has 0 aliphatic heterocycles. The molecule has 0 saturated carbocycles. The van der Waals surface area contributed by atoms with Gasteiger partial charge in [-0.15, -0.1) is 0 Å². The van der Waals surface area contributed by atoms with Crippen molar-refractivity contribution in [3.05, 3.63) is 0 Å². The number of rotatable bonds is 1. The molecule has 0 unspecified atom stereocenters. The molecule has 0 saturated heterocycles. The number of carbonyl (C=O) groups is 1. The first-order chi connectivity index (χ1) is 2.64. The van der Waals surface area contributed by atoms with E-state index in [1.165, 1.54) is 6.92 Å². The molecule has 3 nitrogen and oxygen atoms in total. The average molecular weight is 132 g/mol. The molecule has 0 spiro atoms. The van der Waals surface area contributed by atoms with E-state index in [-0.39, 0.29) is 40.6 Å². The van der Waals surface area contributed by atoms with Gasteiger partial charge < -0.3 is 13.1 Å². The topological polar surface area (TPSA) is 57.5 Å². The predicted molar refractivity (Wildman–Crippen MR) is 27.3 cm³/mol. The van der Waals surface area contributed by atoms with Crippen LogP contribution in [0.25, 0.3) is 0 Å². The molecule has 0 aliphatic rings. The summed E-state index contributed by atoms with van der Waals surface area (Å²) in [7, 11) is 0. The fraction of sp³-hybridized carbons (Fsp3) is 0.667. The van der Waals surface area contributed by atoms with E-state index < -0.39 is 12.1 Å². The van der Waals surface area contributed by atoms with Crippen molar-refractivity contribution in [3.63, 3.8) is 0 Å². The number of aliphatic hydroxyl groups is 1. The van der Waals surface area contributed by atoms with Gasteiger partial charge >= 0.3 is 43.7 Å². The van der Waals surface area contributed by atoms with E-state index in [4.69, 9.17) is 10.2 Å². The van der Waals surface area contributed by atoms with Gasteiger partial charge in [-0.05, 0) is 6.92 Å². The van der Waals surface area contributed by atoms with E-state index >= 15 is 0 Å². The van der Waals surface area contributed by atoms with E-state index in [0.717, 1.165) is 0 Å². The van der Waals surface area contributed by atoms with E-state index in [9.17, 15) is 4.79 Å². The second-order valence-electron chi connectivity index (χ2n) is 1.01. The molecule has 7 heavy (non-hydrogen) atoms. The van der Waals surface area contributed by atoms with E-state index in [1.807, 2.05) is 0 Å². The summed E-state index contributed by atoms with van der Waals surface area (Å²) < 4.78 is 0. The molecule has 2 N–H and O–H groups in total. The normalized spacial score (nSPS) is 11.7. The van der Waals surface area contributed by atoms with Crippen molar-refractivity contribution in [1.82, 2.24) is 0 Å². The Hall–Kier alpha value is 0.690. The SMILES string of the molecule is C[C@@H](O)C(=O)O.[Ca+2].[H-].[H-]. The number of aliphatic carboxylic acids is 1. The standard InChI is InChI=1S/C3H6O3.Ca.2H/c1-2(4)3(5)6;;;/h2,4H,1H3,(H,5,6);;;/q;+2;2*-1/t2-;;;/m1.../s1. The quantitative estimate of drug-likeness (QED) is 0.464. The van der Waals surface area contributed by atoms with Crippen LogP contribution in [0.1, 0.15) is 9.78 Å². The molecule has 0 heterocycles. The van der Waals surface area contributed by atoms with Crippen LogP contribution < -0.4 is 0 Å². The first kappa shape index (κ1) is 10.6. The first-order valence-corrected chi connectivity index (χ1v) is 1.55. The molecule has 0 amide bonds. The fourth-order valence-corrected chi connectivity index (χ4v) is 0. The molecular formula is C3H8CaO3. The first-order valence-electron chi connectivity index (χ1n) is 1.55. The minimum atomic E-state index is -1.23. The van der Waals surface area contributed by atoms with Crippen LogP contribution in [0.5, 0.6) is 0 Å². The Balaban J connectivity index is -0.0000000417. The third kappa shape index (κ3) is 6.69. The van der Waals surface area contributed by atoms with Crippen LogP contribution in [0.2, 0.25) is 0 Å².